The number of anilines is 1. The van der Waals surface area contributed by atoms with Gasteiger partial charge in [0.1, 0.15) is 5.75 Å². The van der Waals surface area contributed by atoms with Gasteiger partial charge >= 0.3 is 0 Å². The highest BCUT2D eigenvalue weighted by atomic mass is 16.5. The molecule has 0 saturated carbocycles. The highest BCUT2D eigenvalue weighted by Gasteiger charge is 2.25. The lowest BCUT2D eigenvalue weighted by atomic mass is 10.0. The maximum absolute atomic E-state index is 12.4. The number of carbonyl (C=O) groups is 1. The van der Waals surface area contributed by atoms with Crippen LogP contribution in [0.25, 0.3) is 0 Å². The summed E-state index contributed by atoms with van der Waals surface area (Å²) in [6.45, 7) is 6.34. The van der Waals surface area contributed by atoms with E-state index in [0.29, 0.717) is 25.0 Å². The Morgan fingerprint density at radius 3 is 2.58 bits per heavy atom. The summed E-state index contributed by atoms with van der Waals surface area (Å²) in [6.07, 6.45) is 1.40. The van der Waals surface area contributed by atoms with Gasteiger partial charge in [-0.25, -0.2) is 0 Å². The van der Waals surface area contributed by atoms with Gasteiger partial charge in [0, 0.05) is 24.8 Å². The Morgan fingerprint density at radius 2 is 1.88 bits per heavy atom. The number of hydrogen-bond acceptors (Lipinski definition) is 3. The summed E-state index contributed by atoms with van der Waals surface area (Å²) in [5.74, 6) is 1.51. The number of carbonyl (C=O) groups excluding carboxylic acids is 1. The maximum atomic E-state index is 12.4. The molecule has 1 aliphatic rings. The topological polar surface area (TPSA) is 41.6 Å². The summed E-state index contributed by atoms with van der Waals surface area (Å²) in [7, 11) is 0. The summed E-state index contributed by atoms with van der Waals surface area (Å²) in [4.78, 5) is 14.3. The quantitative estimate of drug-likeness (QED) is 0.808. The zero-order chi connectivity index (χ0) is 18.4. The van der Waals surface area contributed by atoms with Gasteiger partial charge in [0.05, 0.1) is 13.0 Å². The van der Waals surface area contributed by atoms with Crippen molar-refractivity contribution in [2.24, 2.45) is 0 Å². The molecule has 0 aliphatic carbocycles. The van der Waals surface area contributed by atoms with Crippen LogP contribution in [0.3, 0.4) is 0 Å². The van der Waals surface area contributed by atoms with Gasteiger partial charge in [-0.05, 0) is 42.2 Å². The Hall–Kier alpha value is -2.49. The maximum Gasteiger partial charge on any atom is 0.226 e. The fourth-order valence-corrected chi connectivity index (χ4v) is 3.24. The number of benzene rings is 2. The molecule has 1 saturated heterocycles. The molecule has 4 heteroatoms. The van der Waals surface area contributed by atoms with Gasteiger partial charge in [-0.3, -0.25) is 4.79 Å². The molecule has 1 amide bonds. The Kier molecular flexibility index (Phi) is 6.16. The van der Waals surface area contributed by atoms with Crippen molar-refractivity contribution >= 4 is 11.6 Å². The van der Waals surface area contributed by atoms with E-state index in [0.717, 1.165) is 30.9 Å². The molecule has 3 rings (SSSR count). The van der Waals surface area contributed by atoms with E-state index >= 15 is 0 Å². The van der Waals surface area contributed by atoms with Crippen LogP contribution < -0.4 is 10.1 Å². The molecule has 1 unspecified atom stereocenters. The Labute approximate surface area is 156 Å². The molecule has 1 atom stereocenters. The van der Waals surface area contributed by atoms with Gasteiger partial charge in [-0.15, -0.1) is 0 Å². The van der Waals surface area contributed by atoms with Crippen LogP contribution in [0, 0.1) is 0 Å². The molecule has 0 aromatic heterocycles. The first-order valence-corrected chi connectivity index (χ1v) is 9.44. The Bertz CT molecular complexity index is 698. The minimum atomic E-state index is 0.168. The van der Waals surface area contributed by atoms with Crippen LogP contribution in [-0.2, 0) is 4.79 Å². The summed E-state index contributed by atoms with van der Waals surface area (Å²) < 4.78 is 5.73. The van der Waals surface area contributed by atoms with E-state index in [9.17, 15) is 4.79 Å². The number of ether oxygens (including phenoxy) is 1. The van der Waals surface area contributed by atoms with E-state index in [1.165, 1.54) is 5.56 Å². The lowest BCUT2D eigenvalue weighted by Crippen LogP contribution is -2.32. The van der Waals surface area contributed by atoms with Crippen molar-refractivity contribution in [2.75, 3.05) is 25.0 Å². The number of amides is 1. The van der Waals surface area contributed by atoms with Crippen LogP contribution in [0.4, 0.5) is 5.69 Å². The van der Waals surface area contributed by atoms with Crippen LogP contribution in [0.2, 0.25) is 0 Å². The standard InChI is InChI=1S/C22H28N2O2/c1-17(2)18-8-10-21(11-9-18)26-15-13-22(25)24-14-12-20(16-24)23-19-6-4-3-5-7-19/h3-11,17,20,23H,12-16H2,1-2H3. The van der Waals surface area contributed by atoms with Gasteiger partial charge in [0.25, 0.3) is 0 Å². The van der Waals surface area contributed by atoms with E-state index in [4.69, 9.17) is 4.74 Å². The smallest absolute Gasteiger partial charge is 0.226 e. The van der Waals surface area contributed by atoms with Crippen LogP contribution in [0.5, 0.6) is 5.75 Å². The first kappa shape index (κ1) is 18.3. The SMILES string of the molecule is CC(C)c1ccc(OCCC(=O)N2CCC(Nc3ccccc3)C2)cc1. The van der Waals surface area contributed by atoms with Crippen LogP contribution in [0.15, 0.2) is 54.6 Å². The van der Waals surface area contributed by atoms with Gasteiger partial charge in [0.2, 0.25) is 5.91 Å². The third-order valence-corrected chi connectivity index (χ3v) is 4.82. The van der Waals surface area contributed by atoms with Crippen molar-refractivity contribution in [3.8, 4) is 5.75 Å². The second-order valence-electron chi connectivity index (χ2n) is 7.16. The third kappa shape index (κ3) is 5.01. The number of likely N-dealkylation sites (tertiary alicyclic amines) is 1. The van der Waals surface area contributed by atoms with Gasteiger partial charge in [0.15, 0.2) is 0 Å². The second kappa shape index (κ2) is 8.75. The fraction of sp³-hybridized carbons (Fsp3) is 0.409. The van der Waals surface area contributed by atoms with Crippen molar-refractivity contribution in [2.45, 2.75) is 38.6 Å². The molecule has 1 heterocycles. The molecule has 1 fully saturated rings. The molecular weight excluding hydrogens is 324 g/mol. The molecule has 1 N–H and O–H groups in total. The predicted octanol–water partition coefficient (Wildman–Crippen LogP) is 4.29. The largest absolute Gasteiger partial charge is 0.493 e. The molecule has 26 heavy (non-hydrogen) atoms. The summed E-state index contributed by atoms with van der Waals surface area (Å²) >= 11 is 0. The van der Waals surface area contributed by atoms with Gasteiger partial charge in [-0.1, -0.05) is 44.2 Å². The first-order valence-electron chi connectivity index (χ1n) is 9.44. The van der Waals surface area contributed by atoms with E-state index < -0.39 is 0 Å². The fourth-order valence-electron chi connectivity index (χ4n) is 3.24. The minimum absolute atomic E-state index is 0.168. The Balaban J connectivity index is 1.40. The van der Waals surface area contributed by atoms with Crippen LogP contribution in [-0.4, -0.2) is 36.5 Å². The van der Waals surface area contributed by atoms with Crippen molar-refractivity contribution < 1.29 is 9.53 Å². The summed E-state index contributed by atoms with van der Waals surface area (Å²) in [5.41, 5.74) is 2.41. The zero-order valence-electron chi connectivity index (χ0n) is 15.7. The molecule has 138 valence electrons. The average Bonchev–Trinajstić information content (AvgIpc) is 3.11. The molecule has 0 bridgehead atoms. The summed E-state index contributed by atoms with van der Waals surface area (Å²) in [6, 6.07) is 18.6. The molecule has 2 aromatic rings. The number of nitrogens with zero attached hydrogens (tertiary/aromatic N) is 1. The van der Waals surface area contributed by atoms with Crippen molar-refractivity contribution in [1.82, 2.24) is 4.90 Å². The molecule has 2 aromatic carbocycles. The van der Waals surface area contributed by atoms with Gasteiger partial charge < -0.3 is 15.0 Å². The highest BCUT2D eigenvalue weighted by molar-refractivity contribution is 5.76. The first-order chi connectivity index (χ1) is 12.6. The van der Waals surface area contributed by atoms with E-state index in [1.807, 2.05) is 35.2 Å². The molecule has 4 nitrogen and oxygen atoms in total. The summed E-state index contributed by atoms with van der Waals surface area (Å²) in [5, 5.41) is 3.50. The number of para-hydroxylation sites is 1. The molecular formula is C22H28N2O2. The number of hydrogen-bond donors (Lipinski definition) is 1. The van der Waals surface area contributed by atoms with E-state index in [-0.39, 0.29) is 5.91 Å². The highest BCUT2D eigenvalue weighted by Crippen LogP contribution is 2.19. The van der Waals surface area contributed by atoms with E-state index in [1.54, 1.807) is 0 Å². The predicted molar refractivity (Wildman–Crippen MR) is 106 cm³/mol. The van der Waals surface area contributed by atoms with E-state index in [2.05, 4.69) is 43.4 Å². The molecule has 0 radical (unpaired) electrons. The molecule has 1 aliphatic heterocycles. The van der Waals surface area contributed by atoms with Crippen molar-refractivity contribution in [3.63, 3.8) is 0 Å². The van der Waals surface area contributed by atoms with Crippen LogP contribution in [0.1, 0.15) is 38.2 Å². The van der Waals surface area contributed by atoms with Gasteiger partial charge in [-0.2, -0.15) is 0 Å². The third-order valence-electron chi connectivity index (χ3n) is 4.82. The normalized spacial score (nSPS) is 16.7. The number of nitrogens with one attached hydrogen (secondary N) is 1. The lowest BCUT2D eigenvalue weighted by molar-refractivity contribution is -0.130. The van der Waals surface area contributed by atoms with Crippen LogP contribution >= 0.6 is 0 Å². The number of rotatable bonds is 7. The van der Waals surface area contributed by atoms with Crippen molar-refractivity contribution in [1.29, 1.82) is 0 Å². The minimum Gasteiger partial charge on any atom is -0.493 e. The lowest BCUT2D eigenvalue weighted by Gasteiger charge is -2.18. The second-order valence-corrected chi connectivity index (χ2v) is 7.16. The average molecular weight is 352 g/mol. The molecule has 0 spiro atoms. The Morgan fingerprint density at radius 1 is 1.15 bits per heavy atom. The van der Waals surface area contributed by atoms with Crippen molar-refractivity contribution in [3.05, 3.63) is 60.2 Å². The monoisotopic (exact) mass is 352 g/mol. The zero-order valence-corrected chi connectivity index (χ0v) is 15.7.